The van der Waals surface area contributed by atoms with Gasteiger partial charge in [0, 0.05) is 17.1 Å². The SMILES string of the molecule is CC1(C)CCC(C)(C)c2cc3cc(-c4cccc(N(c5ccccc5)c5ccc(-c6ccc7c8ccccc8c8ccccc8c7c6)cc5)c4)ccc3cc21. The number of hydrogen-bond donors (Lipinski definition) is 0. The van der Waals surface area contributed by atoms with Crippen LogP contribution in [-0.4, -0.2) is 0 Å². The van der Waals surface area contributed by atoms with Crippen molar-refractivity contribution in [2.24, 2.45) is 0 Å². The van der Waals surface area contributed by atoms with Gasteiger partial charge in [-0.2, -0.15) is 0 Å². The van der Waals surface area contributed by atoms with Crippen LogP contribution in [0.4, 0.5) is 17.1 Å². The summed E-state index contributed by atoms with van der Waals surface area (Å²) in [6.07, 6.45) is 2.44. The first kappa shape index (κ1) is 33.4. The monoisotopic (exact) mass is 707 g/mol. The molecule has 0 spiro atoms. The Balaban J connectivity index is 1.03. The first-order chi connectivity index (χ1) is 26.7. The summed E-state index contributed by atoms with van der Waals surface area (Å²) in [4.78, 5) is 2.37. The molecular formula is C54H45N. The molecule has 0 heterocycles. The molecule has 10 rings (SSSR count). The van der Waals surface area contributed by atoms with Crippen molar-refractivity contribution in [2.75, 3.05) is 4.90 Å². The number of nitrogens with zero attached hydrogens (tertiary/aromatic N) is 1. The number of anilines is 3. The second-order valence-corrected chi connectivity index (χ2v) is 16.8. The Labute approximate surface area is 324 Å². The molecule has 1 heteroatoms. The Morgan fingerprint density at radius 3 is 1.45 bits per heavy atom. The minimum atomic E-state index is 0.179. The van der Waals surface area contributed by atoms with E-state index in [4.69, 9.17) is 0 Å². The van der Waals surface area contributed by atoms with Crippen molar-refractivity contribution in [1.82, 2.24) is 0 Å². The summed E-state index contributed by atoms with van der Waals surface area (Å²) in [7, 11) is 0. The predicted octanol–water partition coefficient (Wildman–Crippen LogP) is 15.5. The summed E-state index contributed by atoms with van der Waals surface area (Å²) in [6.45, 7) is 9.64. The Bertz CT molecular complexity index is 2880. The van der Waals surface area contributed by atoms with Crippen LogP contribution >= 0.6 is 0 Å². The van der Waals surface area contributed by atoms with Crippen molar-refractivity contribution in [3.8, 4) is 22.3 Å². The molecule has 0 bridgehead atoms. The first-order valence-corrected chi connectivity index (χ1v) is 19.7. The van der Waals surface area contributed by atoms with E-state index in [1.54, 1.807) is 0 Å². The molecule has 0 amide bonds. The van der Waals surface area contributed by atoms with Crippen molar-refractivity contribution < 1.29 is 0 Å². The van der Waals surface area contributed by atoms with Crippen LogP contribution in [0.3, 0.4) is 0 Å². The van der Waals surface area contributed by atoms with Crippen molar-refractivity contribution in [3.63, 3.8) is 0 Å². The van der Waals surface area contributed by atoms with E-state index in [1.165, 1.54) is 89.3 Å². The van der Waals surface area contributed by atoms with Crippen LogP contribution in [0.1, 0.15) is 51.7 Å². The third-order valence-corrected chi connectivity index (χ3v) is 12.5. The maximum Gasteiger partial charge on any atom is 0.0467 e. The topological polar surface area (TPSA) is 3.24 Å². The van der Waals surface area contributed by atoms with Crippen molar-refractivity contribution in [1.29, 1.82) is 0 Å². The van der Waals surface area contributed by atoms with Crippen LogP contribution < -0.4 is 4.90 Å². The lowest BCUT2D eigenvalue weighted by molar-refractivity contribution is 0.332. The van der Waals surface area contributed by atoms with Gasteiger partial charge in [-0.3, -0.25) is 0 Å². The highest BCUT2D eigenvalue weighted by molar-refractivity contribution is 6.25. The van der Waals surface area contributed by atoms with Crippen molar-refractivity contribution in [2.45, 2.75) is 51.4 Å². The molecule has 9 aromatic rings. The molecule has 0 unspecified atom stereocenters. The lowest BCUT2D eigenvalue weighted by Crippen LogP contribution is -2.33. The fraction of sp³-hybridized carbons (Fsp3) is 0.148. The average molecular weight is 708 g/mol. The van der Waals surface area contributed by atoms with Gasteiger partial charge in [-0.05, 0) is 149 Å². The molecule has 0 aromatic heterocycles. The lowest BCUT2D eigenvalue weighted by atomic mass is 9.63. The van der Waals surface area contributed by atoms with E-state index in [-0.39, 0.29) is 10.8 Å². The summed E-state index contributed by atoms with van der Waals surface area (Å²) >= 11 is 0. The molecule has 0 saturated carbocycles. The van der Waals surface area contributed by atoms with Crippen LogP contribution in [0.15, 0.2) is 176 Å². The fourth-order valence-electron chi connectivity index (χ4n) is 9.23. The molecule has 55 heavy (non-hydrogen) atoms. The second-order valence-electron chi connectivity index (χ2n) is 16.8. The zero-order chi connectivity index (χ0) is 37.3. The molecule has 1 aliphatic carbocycles. The van der Waals surface area contributed by atoms with Gasteiger partial charge in [0.25, 0.3) is 0 Å². The maximum absolute atomic E-state index is 2.48. The van der Waals surface area contributed by atoms with Gasteiger partial charge in [-0.25, -0.2) is 0 Å². The Morgan fingerprint density at radius 1 is 0.327 bits per heavy atom. The molecule has 0 N–H and O–H groups in total. The molecule has 266 valence electrons. The van der Waals surface area contributed by atoms with E-state index < -0.39 is 0 Å². The standard InChI is InChI=1S/C54H45N/c1-53(2)29-30-54(3,4)52-35-41-31-38(21-22-40(41)34-51(52)53)37-13-12-16-44(32-37)55(42-14-6-5-7-15-42)43-26-23-36(24-27-43)39-25-28-49-47-19-9-8-17-45(47)46-18-10-11-20-48(46)50(49)33-39/h5-28,31-35H,29-30H2,1-4H3. The highest BCUT2D eigenvalue weighted by Gasteiger charge is 2.37. The summed E-state index contributed by atoms with van der Waals surface area (Å²) in [6, 6.07) is 65.3. The molecule has 0 aliphatic heterocycles. The van der Waals surface area contributed by atoms with Crippen LogP contribution in [0.25, 0.3) is 65.3 Å². The normalized spacial score (nSPS) is 14.7. The quantitative estimate of drug-likeness (QED) is 0.161. The highest BCUT2D eigenvalue weighted by atomic mass is 15.1. The van der Waals surface area contributed by atoms with Crippen molar-refractivity contribution in [3.05, 3.63) is 187 Å². The molecule has 1 aliphatic rings. The molecule has 0 radical (unpaired) electrons. The average Bonchev–Trinajstić information content (AvgIpc) is 3.23. The van der Waals surface area contributed by atoms with Crippen LogP contribution in [0, 0.1) is 0 Å². The van der Waals surface area contributed by atoms with Gasteiger partial charge >= 0.3 is 0 Å². The van der Waals surface area contributed by atoms with Crippen LogP contribution in [-0.2, 0) is 10.8 Å². The Hall–Kier alpha value is -6.18. The van der Waals surface area contributed by atoms with E-state index in [1.807, 2.05) is 0 Å². The largest absolute Gasteiger partial charge is 0.310 e. The van der Waals surface area contributed by atoms with E-state index in [0.717, 1.165) is 17.1 Å². The predicted molar refractivity (Wildman–Crippen MR) is 237 cm³/mol. The van der Waals surface area contributed by atoms with Gasteiger partial charge in [0.2, 0.25) is 0 Å². The van der Waals surface area contributed by atoms with Gasteiger partial charge in [0.05, 0.1) is 0 Å². The summed E-state index contributed by atoms with van der Waals surface area (Å²) < 4.78 is 0. The van der Waals surface area contributed by atoms with Crippen LogP contribution in [0.5, 0.6) is 0 Å². The molecule has 1 nitrogen and oxygen atoms in total. The van der Waals surface area contributed by atoms with Gasteiger partial charge in [-0.15, -0.1) is 0 Å². The third-order valence-electron chi connectivity index (χ3n) is 12.5. The number of para-hydroxylation sites is 1. The maximum atomic E-state index is 2.48. The molecule has 0 atom stereocenters. The Morgan fingerprint density at radius 2 is 0.800 bits per heavy atom. The number of hydrogen-bond acceptors (Lipinski definition) is 1. The number of rotatable bonds is 5. The zero-order valence-corrected chi connectivity index (χ0v) is 32.1. The summed E-state index contributed by atoms with van der Waals surface area (Å²) in [5, 5.41) is 10.4. The van der Waals surface area contributed by atoms with Gasteiger partial charge in [0.1, 0.15) is 0 Å². The fourth-order valence-corrected chi connectivity index (χ4v) is 9.23. The molecule has 9 aromatic carbocycles. The Kier molecular flexibility index (Phi) is 7.72. The lowest BCUT2D eigenvalue weighted by Gasteiger charge is -2.42. The minimum absolute atomic E-state index is 0.179. The molecular weight excluding hydrogens is 663 g/mol. The van der Waals surface area contributed by atoms with E-state index >= 15 is 0 Å². The van der Waals surface area contributed by atoms with Crippen molar-refractivity contribution >= 4 is 60.2 Å². The van der Waals surface area contributed by atoms with Gasteiger partial charge in [0.15, 0.2) is 0 Å². The molecule has 0 fully saturated rings. The van der Waals surface area contributed by atoms with E-state index in [2.05, 4.69) is 209 Å². The molecule has 0 saturated heterocycles. The summed E-state index contributed by atoms with van der Waals surface area (Å²) in [5.74, 6) is 0. The zero-order valence-electron chi connectivity index (χ0n) is 32.1. The summed E-state index contributed by atoms with van der Waals surface area (Å²) in [5.41, 5.74) is 11.7. The van der Waals surface area contributed by atoms with E-state index in [0.29, 0.717) is 0 Å². The van der Waals surface area contributed by atoms with Gasteiger partial charge in [-0.1, -0.05) is 155 Å². The van der Waals surface area contributed by atoms with Crippen LogP contribution in [0.2, 0.25) is 0 Å². The first-order valence-electron chi connectivity index (χ1n) is 19.7. The van der Waals surface area contributed by atoms with E-state index in [9.17, 15) is 0 Å². The highest BCUT2D eigenvalue weighted by Crippen LogP contribution is 2.47. The minimum Gasteiger partial charge on any atom is -0.310 e. The second kappa shape index (κ2) is 12.7. The number of benzene rings is 9. The van der Waals surface area contributed by atoms with Gasteiger partial charge < -0.3 is 4.90 Å². The third kappa shape index (κ3) is 5.69. The number of fused-ring (bicyclic) bond motifs is 8. The smallest absolute Gasteiger partial charge is 0.0467 e.